The van der Waals surface area contributed by atoms with Gasteiger partial charge in [-0.2, -0.15) is 0 Å². The molecule has 0 aliphatic carbocycles. The summed E-state index contributed by atoms with van der Waals surface area (Å²) in [5.41, 5.74) is 0.426. The third-order valence-electron chi connectivity index (χ3n) is 3.53. The number of amides is 1. The van der Waals surface area contributed by atoms with E-state index in [-0.39, 0.29) is 11.9 Å². The van der Waals surface area contributed by atoms with Gasteiger partial charge < -0.3 is 10.2 Å². The molecule has 1 fully saturated rings. The predicted molar refractivity (Wildman–Crippen MR) is 70.5 cm³/mol. The van der Waals surface area contributed by atoms with Gasteiger partial charge in [-0.25, -0.2) is 9.97 Å². The molecule has 0 spiro atoms. The molecule has 1 aliphatic heterocycles. The van der Waals surface area contributed by atoms with Crippen molar-refractivity contribution in [1.29, 1.82) is 0 Å². The monoisotopic (exact) mass is 248 g/mol. The van der Waals surface area contributed by atoms with Crippen molar-refractivity contribution < 1.29 is 4.79 Å². The van der Waals surface area contributed by atoms with Crippen molar-refractivity contribution in [3.05, 3.63) is 18.1 Å². The molecule has 0 aromatic carbocycles. The molecule has 2 unspecified atom stereocenters. The Morgan fingerprint density at radius 2 is 2.17 bits per heavy atom. The Kier molecular flexibility index (Phi) is 3.79. The van der Waals surface area contributed by atoms with Crippen LogP contribution in [0.25, 0.3) is 0 Å². The number of nitrogens with one attached hydrogen (secondary N) is 1. The summed E-state index contributed by atoms with van der Waals surface area (Å²) in [4.78, 5) is 22.5. The van der Waals surface area contributed by atoms with Crippen LogP contribution in [-0.4, -0.2) is 40.4 Å². The van der Waals surface area contributed by atoms with E-state index in [2.05, 4.69) is 29.1 Å². The van der Waals surface area contributed by atoms with Gasteiger partial charge in [-0.05, 0) is 25.7 Å². The van der Waals surface area contributed by atoms with Crippen LogP contribution in [0.2, 0.25) is 0 Å². The Hall–Kier alpha value is -1.65. The van der Waals surface area contributed by atoms with Crippen molar-refractivity contribution in [3.63, 3.8) is 0 Å². The molecule has 5 nitrogen and oxygen atoms in total. The fraction of sp³-hybridized carbons (Fsp3) is 0.615. The van der Waals surface area contributed by atoms with Gasteiger partial charge in [0.1, 0.15) is 11.5 Å². The molecule has 2 atom stereocenters. The molecular weight excluding hydrogens is 228 g/mol. The topological polar surface area (TPSA) is 58.1 Å². The standard InChI is InChI=1S/C13H20N4O/c1-9-4-5-17(10(2)6-9)13(18)11-7-16-12(14-3)8-15-11/h7-10H,4-6H2,1-3H3,(H,14,16). The summed E-state index contributed by atoms with van der Waals surface area (Å²) in [6.07, 6.45) is 5.26. The molecular formula is C13H20N4O. The smallest absolute Gasteiger partial charge is 0.274 e. The Labute approximate surface area is 108 Å². The van der Waals surface area contributed by atoms with Gasteiger partial charge in [0.05, 0.1) is 12.4 Å². The van der Waals surface area contributed by atoms with E-state index in [0.29, 0.717) is 17.4 Å². The van der Waals surface area contributed by atoms with Crippen LogP contribution in [0.3, 0.4) is 0 Å². The number of piperidine rings is 1. The third-order valence-corrected chi connectivity index (χ3v) is 3.53. The molecule has 98 valence electrons. The van der Waals surface area contributed by atoms with Crippen molar-refractivity contribution >= 4 is 11.7 Å². The molecule has 1 amide bonds. The number of aromatic nitrogens is 2. The number of rotatable bonds is 2. The van der Waals surface area contributed by atoms with Gasteiger partial charge in [0.2, 0.25) is 0 Å². The first kappa shape index (κ1) is 12.8. The Bertz CT molecular complexity index is 418. The van der Waals surface area contributed by atoms with Crippen LogP contribution in [-0.2, 0) is 0 Å². The zero-order chi connectivity index (χ0) is 13.1. The molecule has 0 saturated carbocycles. The summed E-state index contributed by atoms with van der Waals surface area (Å²) in [5, 5.41) is 2.89. The largest absolute Gasteiger partial charge is 0.372 e. The van der Waals surface area contributed by atoms with E-state index in [1.165, 1.54) is 0 Å². The van der Waals surface area contributed by atoms with Crippen LogP contribution >= 0.6 is 0 Å². The SMILES string of the molecule is CNc1cnc(C(=O)N2CCC(C)CC2C)cn1. The molecule has 1 aliphatic rings. The molecule has 2 heterocycles. The summed E-state index contributed by atoms with van der Waals surface area (Å²) in [6, 6.07) is 0.284. The van der Waals surface area contributed by atoms with Gasteiger partial charge in [0.25, 0.3) is 5.91 Å². The van der Waals surface area contributed by atoms with E-state index in [1.54, 1.807) is 19.4 Å². The van der Waals surface area contributed by atoms with Gasteiger partial charge in [0.15, 0.2) is 0 Å². The second-order valence-corrected chi connectivity index (χ2v) is 5.01. The third kappa shape index (κ3) is 2.60. The first-order chi connectivity index (χ1) is 8.61. The summed E-state index contributed by atoms with van der Waals surface area (Å²) in [7, 11) is 1.78. The van der Waals surface area contributed by atoms with Crippen molar-refractivity contribution in [3.8, 4) is 0 Å². The first-order valence-electron chi connectivity index (χ1n) is 6.42. The van der Waals surface area contributed by atoms with Gasteiger partial charge in [-0.3, -0.25) is 4.79 Å². The fourth-order valence-electron chi connectivity index (χ4n) is 2.42. The highest BCUT2D eigenvalue weighted by Gasteiger charge is 2.28. The van der Waals surface area contributed by atoms with Crippen LogP contribution < -0.4 is 5.32 Å². The lowest BCUT2D eigenvalue weighted by molar-refractivity contribution is 0.0582. The van der Waals surface area contributed by atoms with Crippen molar-refractivity contribution in [2.75, 3.05) is 18.9 Å². The molecule has 5 heteroatoms. The van der Waals surface area contributed by atoms with Crippen molar-refractivity contribution in [1.82, 2.24) is 14.9 Å². The van der Waals surface area contributed by atoms with Crippen molar-refractivity contribution in [2.24, 2.45) is 5.92 Å². The van der Waals surface area contributed by atoms with Gasteiger partial charge in [0, 0.05) is 19.6 Å². The second kappa shape index (κ2) is 5.33. The lowest BCUT2D eigenvalue weighted by Gasteiger charge is -2.36. The Balaban J connectivity index is 2.10. The van der Waals surface area contributed by atoms with E-state index in [9.17, 15) is 4.79 Å². The van der Waals surface area contributed by atoms with Crippen LogP contribution in [0.4, 0.5) is 5.82 Å². The lowest BCUT2D eigenvalue weighted by Crippen LogP contribution is -2.44. The highest BCUT2D eigenvalue weighted by atomic mass is 16.2. The predicted octanol–water partition coefficient (Wildman–Crippen LogP) is 1.78. The molecule has 1 saturated heterocycles. The maximum absolute atomic E-state index is 12.3. The molecule has 0 bridgehead atoms. The van der Waals surface area contributed by atoms with Gasteiger partial charge in [-0.1, -0.05) is 6.92 Å². The first-order valence-corrected chi connectivity index (χ1v) is 6.42. The number of nitrogens with zero attached hydrogens (tertiary/aromatic N) is 3. The zero-order valence-corrected chi connectivity index (χ0v) is 11.2. The average molecular weight is 248 g/mol. The molecule has 0 radical (unpaired) electrons. The minimum absolute atomic E-state index is 0.00967. The zero-order valence-electron chi connectivity index (χ0n) is 11.2. The number of carbonyl (C=O) groups is 1. The van der Waals surface area contributed by atoms with Gasteiger partial charge in [-0.15, -0.1) is 0 Å². The quantitative estimate of drug-likeness (QED) is 0.866. The Morgan fingerprint density at radius 1 is 1.39 bits per heavy atom. The number of likely N-dealkylation sites (tertiary alicyclic amines) is 1. The normalized spacial score (nSPS) is 23.8. The van der Waals surface area contributed by atoms with E-state index in [1.807, 2.05) is 4.90 Å². The fourth-order valence-corrected chi connectivity index (χ4v) is 2.42. The summed E-state index contributed by atoms with van der Waals surface area (Å²) in [5.74, 6) is 1.36. The number of hydrogen-bond donors (Lipinski definition) is 1. The summed E-state index contributed by atoms with van der Waals surface area (Å²) < 4.78 is 0. The lowest BCUT2D eigenvalue weighted by atomic mass is 9.93. The van der Waals surface area contributed by atoms with E-state index in [0.717, 1.165) is 19.4 Å². The minimum atomic E-state index is -0.00967. The molecule has 1 aromatic heterocycles. The molecule has 1 aromatic rings. The highest BCUT2D eigenvalue weighted by Crippen LogP contribution is 2.23. The Morgan fingerprint density at radius 3 is 2.72 bits per heavy atom. The molecule has 18 heavy (non-hydrogen) atoms. The minimum Gasteiger partial charge on any atom is -0.372 e. The highest BCUT2D eigenvalue weighted by molar-refractivity contribution is 5.92. The van der Waals surface area contributed by atoms with E-state index >= 15 is 0 Å². The van der Waals surface area contributed by atoms with Gasteiger partial charge >= 0.3 is 0 Å². The summed E-state index contributed by atoms with van der Waals surface area (Å²) >= 11 is 0. The van der Waals surface area contributed by atoms with Crippen LogP contribution in [0.15, 0.2) is 12.4 Å². The number of anilines is 1. The number of hydrogen-bond acceptors (Lipinski definition) is 4. The van der Waals surface area contributed by atoms with Crippen LogP contribution in [0.1, 0.15) is 37.2 Å². The van der Waals surface area contributed by atoms with Crippen molar-refractivity contribution in [2.45, 2.75) is 32.7 Å². The number of carbonyl (C=O) groups excluding carboxylic acids is 1. The van der Waals surface area contributed by atoms with E-state index in [4.69, 9.17) is 0 Å². The van der Waals surface area contributed by atoms with Crippen LogP contribution in [0.5, 0.6) is 0 Å². The average Bonchev–Trinajstić information content (AvgIpc) is 2.38. The van der Waals surface area contributed by atoms with Crippen LogP contribution in [0, 0.1) is 5.92 Å². The second-order valence-electron chi connectivity index (χ2n) is 5.01. The van der Waals surface area contributed by atoms with E-state index < -0.39 is 0 Å². The maximum atomic E-state index is 12.3. The molecule has 1 N–H and O–H groups in total. The summed E-state index contributed by atoms with van der Waals surface area (Å²) in [6.45, 7) is 5.15. The molecule has 2 rings (SSSR count). The maximum Gasteiger partial charge on any atom is 0.274 e.